The number of rotatable bonds is 35. The zero-order valence-corrected chi connectivity index (χ0v) is 27.7. The van der Waals surface area contributed by atoms with Crippen LogP contribution in [0.2, 0.25) is 0 Å². The van der Waals surface area contributed by atoms with Crippen LogP contribution >= 0.6 is 0 Å². The minimum atomic E-state index is -0.0234. The standard InChI is InChI=1S/C35H71NO5/c1-3-5-7-9-11-18-24-32-39-35(38)27-21-15-13-16-22-28-36(30-31-37)29-23-17-14-20-26-34-41-40-33-25-19-12-10-8-6-4-2/h37H,3-34H2,1-2H3. The number of aliphatic hydroxyl groups is 1. The van der Waals surface area contributed by atoms with Crippen molar-refractivity contribution in [2.75, 3.05) is 46.1 Å². The SMILES string of the molecule is CCCCCCCCCOOCCCCCCCN(CCO)CCCCCCCC(=O)OCCCCCCCCC. The average molecular weight is 586 g/mol. The Bertz CT molecular complexity index is 505. The molecule has 0 radical (unpaired) electrons. The summed E-state index contributed by atoms with van der Waals surface area (Å²) >= 11 is 0. The molecule has 0 atom stereocenters. The number of nitrogens with zero attached hydrogens (tertiary/aromatic N) is 1. The largest absolute Gasteiger partial charge is 0.466 e. The number of unbranched alkanes of at least 4 members (excludes halogenated alkanes) is 20. The summed E-state index contributed by atoms with van der Waals surface area (Å²) in [7, 11) is 0. The predicted octanol–water partition coefficient (Wildman–Crippen LogP) is 9.56. The molecule has 0 aliphatic rings. The molecule has 0 bridgehead atoms. The Morgan fingerprint density at radius 1 is 0.488 bits per heavy atom. The molecule has 0 aliphatic carbocycles. The highest BCUT2D eigenvalue weighted by Gasteiger charge is 2.05. The van der Waals surface area contributed by atoms with Crippen molar-refractivity contribution in [3.05, 3.63) is 0 Å². The summed E-state index contributed by atoms with van der Waals surface area (Å²) in [6.07, 6.45) is 29.8. The lowest BCUT2D eigenvalue weighted by atomic mass is 10.1. The van der Waals surface area contributed by atoms with Crippen LogP contribution in [0.15, 0.2) is 0 Å². The molecular formula is C35H71NO5. The van der Waals surface area contributed by atoms with Crippen molar-refractivity contribution in [2.24, 2.45) is 0 Å². The van der Waals surface area contributed by atoms with Crippen molar-refractivity contribution >= 4 is 5.97 Å². The van der Waals surface area contributed by atoms with Gasteiger partial charge < -0.3 is 14.7 Å². The monoisotopic (exact) mass is 586 g/mol. The molecule has 0 heterocycles. The van der Waals surface area contributed by atoms with E-state index in [9.17, 15) is 9.90 Å². The lowest BCUT2D eigenvalue weighted by Crippen LogP contribution is -2.29. The van der Waals surface area contributed by atoms with Crippen LogP contribution in [-0.2, 0) is 19.3 Å². The fraction of sp³-hybridized carbons (Fsp3) is 0.971. The van der Waals surface area contributed by atoms with Crippen molar-refractivity contribution in [3.63, 3.8) is 0 Å². The van der Waals surface area contributed by atoms with Crippen LogP contribution in [-0.4, -0.2) is 62.0 Å². The lowest BCUT2D eigenvalue weighted by Gasteiger charge is -2.21. The van der Waals surface area contributed by atoms with Gasteiger partial charge in [-0.3, -0.25) is 4.79 Å². The summed E-state index contributed by atoms with van der Waals surface area (Å²) in [5.74, 6) is -0.0234. The summed E-state index contributed by atoms with van der Waals surface area (Å²) in [6, 6.07) is 0. The first-order valence-electron chi connectivity index (χ1n) is 18.0. The van der Waals surface area contributed by atoms with E-state index >= 15 is 0 Å². The van der Waals surface area contributed by atoms with E-state index in [1.807, 2.05) is 0 Å². The van der Waals surface area contributed by atoms with Crippen molar-refractivity contribution in [2.45, 2.75) is 174 Å². The van der Waals surface area contributed by atoms with Crippen LogP contribution < -0.4 is 0 Å². The summed E-state index contributed by atoms with van der Waals surface area (Å²) in [5, 5.41) is 9.42. The predicted molar refractivity (Wildman–Crippen MR) is 173 cm³/mol. The van der Waals surface area contributed by atoms with E-state index in [2.05, 4.69) is 18.7 Å². The highest BCUT2D eigenvalue weighted by Crippen LogP contribution is 2.11. The highest BCUT2D eigenvalue weighted by molar-refractivity contribution is 5.69. The summed E-state index contributed by atoms with van der Waals surface area (Å²) in [4.78, 5) is 24.9. The van der Waals surface area contributed by atoms with E-state index in [-0.39, 0.29) is 12.6 Å². The molecule has 6 nitrogen and oxygen atoms in total. The molecule has 41 heavy (non-hydrogen) atoms. The molecule has 0 unspecified atom stereocenters. The second-order valence-electron chi connectivity index (χ2n) is 12.0. The molecular weight excluding hydrogens is 514 g/mol. The van der Waals surface area contributed by atoms with Gasteiger partial charge in [0.05, 0.1) is 26.4 Å². The van der Waals surface area contributed by atoms with Crippen molar-refractivity contribution < 1.29 is 24.4 Å². The van der Waals surface area contributed by atoms with Gasteiger partial charge in [-0.05, 0) is 51.6 Å². The quantitative estimate of drug-likeness (QED) is 0.0346. The zero-order valence-electron chi connectivity index (χ0n) is 27.7. The van der Waals surface area contributed by atoms with E-state index in [0.717, 1.165) is 58.3 Å². The number of carbonyl (C=O) groups is 1. The van der Waals surface area contributed by atoms with Crippen LogP contribution in [0.5, 0.6) is 0 Å². The maximum Gasteiger partial charge on any atom is 0.305 e. The Hall–Kier alpha value is -0.690. The van der Waals surface area contributed by atoms with Gasteiger partial charge in [0, 0.05) is 13.0 Å². The zero-order chi connectivity index (χ0) is 29.9. The van der Waals surface area contributed by atoms with Gasteiger partial charge in [-0.25, -0.2) is 9.78 Å². The van der Waals surface area contributed by atoms with Gasteiger partial charge in [0.15, 0.2) is 0 Å². The second kappa shape index (κ2) is 35.5. The van der Waals surface area contributed by atoms with Crippen LogP contribution in [0.4, 0.5) is 0 Å². The molecule has 0 spiro atoms. The Labute approximate surface area is 255 Å². The van der Waals surface area contributed by atoms with Crippen LogP contribution in [0, 0.1) is 0 Å². The van der Waals surface area contributed by atoms with Gasteiger partial charge in [0.25, 0.3) is 0 Å². The Morgan fingerprint density at radius 2 is 0.878 bits per heavy atom. The molecule has 0 aliphatic heterocycles. The van der Waals surface area contributed by atoms with Gasteiger partial charge in [-0.1, -0.05) is 129 Å². The molecule has 0 saturated heterocycles. The van der Waals surface area contributed by atoms with E-state index < -0.39 is 0 Å². The normalized spacial score (nSPS) is 11.5. The van der Waals surface area contributed by atoms with Crippen molar-refractivity contribution in [3.8, 4) is 0 Å². The van der Waals surface area contributed by atoms with Gasteiger partial charge in [0.1, 0.15) is 0 Å². The number of ether oxygens (including phenoxy) is 1. The number of aliphatic hydroxyl groups excluding tert-OH is 1. The Kier molecular flexibility index (Phi) is 34.9. The van der Waals surface area contributed by atoms with Gasteiger partial charge in [0.2, 0.25) is 0 Å². The molecule has 246 valence electrons. The van der Waals surface area contributed by atoms with Gasteiger partial charge in [-0.15, -0.1) is 0 Å². The Balaban J connectivity index is 3.45. The summed E-state index contributed by atoms with van der Waals surface area (Å²) < 4.78 is 5.38. The van der Waals surface area contributed by atoms with Crippen LogP contribution in [0.3, 0.4) is 0 Å². The van der Waals surface area contributed by atoms with E-state index in [1.165, 1.54) is 122 Å². The lowest BCUT2D eigenvalue weighted by molar-refractivity contribution is -0.295. The van der Waals surface area contributed by atoms with Gasteiger partial charge >= 0.3 is 5.97 Å². The highest BCUT2D eigenvalue weighted by atomic mass is 17.2. The minimum Gasteiger partial charge on any atom is -0.466 e. The van der Waals surface area contributed by atoms with Crippen molar-refractivity contribution in [1.29, 1.82) is 0 Å². The molecule has 0 saturated carbocycles. The first kappa shape index (κ1) is 40.3. The van der Waals surface area contributed by atoms with Crippen LogP contribution in [0.1, 0.15) is 174 Å². The maximum absolute atomic E-state index is 11.9. The number of esters is 1. The third-order valence-corrected chi connectivity index (χ3v) is 7.90. The van der Waals surface area contributed by atoms with E-state index in [1.54, 1.807) is 0 Å². The van der Waals surface area contributed by atoms with Crippen LogP contribution in [0.25, 0.3) is 0 Å². The fourth-order valence-corrected chi connectivity index (χ4v) is 5.19. The Morgan fingerprint density at radius 3 is 1.34 bits per heavy atom. The first-order chi connectivity index (χ1) is 20.2. The van der Waals surface area contributed by atoms with Crippen molar-refractivity contribution in [1.82, 2.24) is 4.90 Å². The molecule has 0 aromatic rings. The van der Waals surface area contributed by atoms with E-state index in [4.69, 9.17) is 14.5 Å². The molecule has 0 aromatic carbocycles. The number of hydrogen-bond acceptors (Lipinski definition) is 6. The molecule has 0 rings (SSSR count). The molecule has 0 aromatic heterocycles. The molecule has 0 fully saturated rings. The summed E-state index contributed by atoms with van der Waals surface area (Å²) in [6.45, 7) is 9.65. The topological polar surface area (TPSA) is 68.2 Å². The summed E-state index contributed by atoms with van der Waals surface area (Å²) in [5.41, 5.74) is 0. The molecule has 0 amide bonds. The third kappa shape index (κ3) is 33.7. The average Bonchev–Trinajstić information content (AvgIpc) is 2.97. The van der Waals surface area contributed by atoms with E-state index in [0.29, 0.717) is 19.6 Å². The number of hydrogen-bond donors (Lipinski definition) is 1. The smallest absolute Gasteiger partial charge is 0.305 e. The first-order valence-corrected chi connectivity index (χ1v) is 18.0. The minimum absolute atomic E-state index is 0.0234. The maximum atomic E-state index is 11.9. The van der Waals surface area contributed by atoms with Gasteiger partial charge in [-0.2, -0.15) is 0 Å². The molecule has 1 N–H and O–H groups in total. The second-order valence-corrected chi connectivity index (χ2v) is 12.0. The fourth-order valence-electron chi connectivity index (χ4n) is 5.19. The molecule has 6 heteroatoms. The number of carbonyl (C=O) groups excluding carboxylic acids is 1. The third-order valence-electron chi connectivity index (χ3n) is 7.90.